The van der Waals surface area contributed by atoms with Gasteiger partial charge in [-0.1, -0.05) is 20.8 Å². The van der Waals surface area contributed by atoms with Crippen LogP contribution >= 0.6 is 0 Å². The number of rotatable bonds is 5. The van der Waals surface area contributed by atoms with Crippen molar-refractivity contribution in [3.63, 3.8) is 0 Å². The molecule has 0 bridgehead atoms. The molecule has 0 aromatic heterocycles. The van der Waals surface area contributed by atoms with Gasteiger partial charge in [-0.2, -0.15) is 13.2 Å². The van der Waals surface area contributed by atoms with Gasteiger partial charge in [0.15, 0.2) is 0 Å². The van der Waals surface area contributed by atoms with Gasteiger partial charge < -0.3 is 5.32 Å². The predicted molar refractivity (Wildman–Crippen MR) is 63.9 cm³/mol. The van der Waals surface area contributed by atoms with Gasteiger partial charge in [0.1, 0.15) is 0 Å². The number of halogens is 3. The van der Waals surface area contributed by atoms with Gasteiger partial charge in [0.25, 0.3) is 0 Å². The fraction of sp³-hybridized carbons (Fsp3) is 1.00. The van der Waals surface area contributed by atoms with Gasteiger partial charge in [0, 0.05) is 12.5 Å². The van der Waals surface area contributed by atoms with Crippen LogP contribution in [0.2, 0.25) is 0 Å². The maximum Gasteiger partial charge on any atom is 0.389 e. The molecule has 1 nitrogen and oxygen atoms in total. The number of alkyl halides is 3. The summed E-state index contributed by atoms with van der Waals surface area (Å²) in [6.07, 6.45) is -1.46. The van der Waals surface area contributed by atoms with Crippen molar-refractivity contribution >= 4 is 0 Å². The van der Waals surface area contributed by atoms with E-state index in [1.54, 1.807) is 0 Å². The van der Waals surface area contributed by atoms with Crippen molar-refractivity contribution in [3.8, 4) is 0 Å². The second-order valence-corrected chi connectivity index (χ2v) is 6.18. The van der Waals surface area contributed by atoms with Crippen LogP contribution in [0.5, 0.6) is 0 Å². The Morgan fingerprint density at radius 3 is 2.29 bits per heavy atom. The first-order valence-electron chi connectivity index (χ1n) is 6.50. The summed E-state index contributed by atoms with van der Waals surface area (Å²) in [5.41, 5.74) is 0.378. The largest absolute Gasteiger partial charge is 0.389 e. The molecule has 2 unspecified atom stereocenters. The molecule has 1 aliphatic carbocycles. The maximum atomic E-state index is 11.9. The van der Waals surface area contributed by atoms with Crippen molar-refractivity contribution < 1.29 is 13.2 Å². The lowest BCUT2D eigenvalue weighted by molar-refractivity contribution is -0.135. The summed E-state index contributed by atoms with van der Waals surface area (Å²) in [4.78, 5) is 0. The molecule has 102 valence electrons. The fourth-order valence-electron chi connectivity index (χ4n) is 2.90. The van der Waals surface area contributed by atoms with E-state index in [0.29, 0.717) is 30.3 Å². The van der Waals surface area contributed by atoms with Crippen molar-refractivity contribution in [1.29, 1.82) is 0 Å². The molecule has 0 heterocycles. The molecule has 1 fully saturated rings. The van der Waals surface area contributed by atoms with E-state index in [9.17, 15) is 13.2 Å². The molecule has 0 aromatic rings. The highest BCUT2D eigenvalue weighted by atomic mass is 19.4. The fourth-order valence-corrected chi connectivity index (χ4v) is 2.90. The summed E-state index contributed by atoms with van der Waals surface area (Å²) in [6.45, 7) is 7.45. The first-order chi connectivity index (χ1) is 7.70. The molecular weight excluding hydrogens is 227 g/mol. The lowest BCUT2D eigenvalue weighted by Gasteiger charge is -2.18. The van der Waals surface area contributed by atoms with Crippen LogP contribution in [0, 0.1) is 11.3 Å². The molecule has 0 aromatic carbocycles. The van der Waals surface area contributed by atoms with E-state index in [0.717, 1.165) is 6.42 Å². The normalized spacial score (nSPS) is 28.6. The predicted octanol–water partition coefficient (Wildman–Crippen LogP) is 4.13. The van der Waals surface area contributed by atoms with Crippen LogP contribution in [-0.2, 0) is 0 Å². The Morgan fingerprint density at radius 1 is 1.18 bits per heavy atom. The van der Waals surface area contributed by atoms with Gasteiger partial charge in [-0.25, -0.2) is 0 Å². The van der Waals surface area contributed by atoms with E-state index >= 15 is 0 Å². The minimum Gasteiger partial charge on any atom is -0.314 e. The Bertz CT molecular complexity index is 235. The number of hydrogen-bond acceptors (Lipinski definition) is 1. The van der Waals surface area contributed by atoms with Crippen LogP contribution in [0.3, 0.4) is 0 Å². The zero-order chi connectivity index (χ0) is 13.1. The van der Waals surface area contributed by atoms with Crippen molar-refractivity contribution in [1.82, 2.24) is 5.32 Å². The molecule has 2 atom stereocenters. The standard InChI is InChI=1S/C13H24F3N/c1-10-8-12(2,3)9-11(10)17-7-5-4-6-13(14,15)16/h10-11,17H,4-9H2,1-3H3. The molecule has 0 aliphatic heterocycles. The van der Waals surface area contributed by atoms with Crippen LogP contribution in [0.15, 0.2) is 0 Å². The first kappa shape index (κ1) is 14.8. The zero-order valence-corrected chi connectivity index (χ0v) is 11.0. The van der Waals surface area contributed by atoms with Gasteiger partial charge in [0.05, 0.1) is 0 Å². The monoisotopic (exact) mass is 251 g/mol. The van der Waals surface area contributed by atoms with Gasteiger partial charge in [-0.15, -0.1) is 0 Å². The van der Waals surface area contributed by atoms with Crippen LogP contribution < -0.4 is 5.32 Å². The summed E-state index contributed by atoms with van der Waals surface area (Å²) >= 11 is 0. The molecular formula is C13H24F3N. The highest BCUT2D eigenvalue weighted by Gasteiger charge is 2.36. The summed E-state index contributed by atoms with van der Waals surface area (Å²) in [6, 6.07) is 0.482. The topological polar surface area (TPSA) is 12.0 Å². The lowest BCUT2D eigenvalue weighted by atomic mass is 9.91. The molecule has 1 N–H and O–H groups in total. The van der Waals surface area contributed by atoms with E-state index in [2.05, 4.69) is 26.1 Å². The molecule has 1 aliphatic rings. The minimum atomic E-state index is -4.00. The number of unbranched alkanes of at least 4 members (excludes halogenated alkanes) is 1. The van der Waals surface area contributed by atoms with Crippen molar-refractivity contribution in [3.05, 3.63) is 0 Å². The highest BCUT2D eigenvalue weighted by Crippen LogP contribution is 2.40. The van der Waals surface area contributed by atoms with E-state index in [4.69, 9.17) is 0 Å². The highest BCUT2D eigenvalue weighted by molar-refractivity contribution is 4.90. The molecule has 1 saturated carbocycles. The van der Waals surface area contributed by atoms with Crippen LogP contribution in [-0.4, -0.2) is 18.8 Å². The summed E-state index contributed by atoms with van der Waals surface area (Å²) in [7, 11) is 0. The van der Waals surface area contributed by atoms with Crippen molar-refractivity contribution in [2.75, 3.05) is 6.54 Å². The minimum absolute atomic E-state index is 0.237. The first-order valence-corrected chi connectivity index (χ1v) is 6.50. The van der Waals surface area contributed by atoms with Crippen LogP contribution in [0.25, 0.3) is 0 Å². The maximum absolute atomic E-state index is 11.9. The third kappa shape index (κ3) is 5.75. The summed E-state index contributed by atoms with van der Waals surface area (Å²) in [5, 5.41) is 3.41. The second-order valence-electron chi connectivity index (χ2n) is 6.18. The van der Waals surface area contributed by atoms with E-state index < -0.39 is 12.6 Å². The third-order valence-electron chi connectivity index (χ3n) is 3.63. The molecule has 4 heteroatoms. The average Bonchev–Trinajstić information content (AvgIpc) is 2.37. The summed E-state index contributed by atoms with van der Waals surface area (Å²) in [5.74, 6) is 0.632. The van der Waals surface area contributed by atoms with Crippen LogP contribution in [0.1, 0.15) is 52.9 Å². The van der Waals surface area contributed by atoms with Gasteiger partial charge in [-0.3, -0.25) is 0 Å². The second kappa shape index (κ2) is 5.59. The molecule has 0 spiro atoms. The smallest absolute Gasteiger partial charge is 0.314 e. The SMILES string of the molecule is CC1CC(C)(C)CC1NCCCCC(F)(F)F. The van der Waals surface area contributed by atoms with Gasteiger partial charge in [-0.05, 0) is 43.6 Å². The third-order valence-corrected chi connectivity index (χ3v) is 3.63. The molecule has 0 radical (unpaired) electrons. The molecule has 0 saturated heterocycles. The van der Waals surface area contributed by atoms with E-state index in [-0.39, 0.29) is 6.42 Å². The van der Waals surface area contributed by atoms with Crippen molar-refractivity contribution in [2.24, 2.45) is 11.3 Å². The Morgan fingerprint density at radius 2 is 1.82 bits per heavy atom. The number of nitrogens with one attached hydrogen (secondary N) is 1. The Kier molecular flexibility index (Phi) is 4.87. The Balaban J connectivity index is 2.12. The number of hydrogen-bond donors (Lipinski definition) is 1. The Hall–Kier alpha value is -0.250. The van der Waals surface area contributed by atoms with Crippen molar-refractivity contribution in [2.45, 2.75) is 65.1 Å². The van der Waals surface area contributed by atoms with Gasteiger partial charge >= 0.3 is 6.18 Å². The van der Waals surface area contributed by atoms with Gasteiger partial charge in [0.2, 0.25) is 0 Å². The van der Waals surface area contributed by atoms with E-state index in [1.165, 1.54) is 6.42 Å². The zero-order valence-electron chi connectivity index (χ0n) is 11.0. The summed E-state index contributed by atoms with van der Waals surface area (Å²) < 4.78 is 35.8. The lowest BCUT2D eigenvalue weighted by Crippen LogP contribution is -2.32. The van der Waals surface area contributed by atoms with E-state index in [1.807, 2.05) is 0 Å². The molecule has 0 amide bonds. The quantitative estimate of drug-likeness (QED) is 0.724. The molecule has 1 rings (SSSR count). The Labute approximate surface area is 102 Å². The molecule has 17 heavy (non-hydrogen) atoms. The van der Waals surface area contributed by atoms with Crippen LogP contribution in [0.4, 0.5) is 13.2 Å². The average molecular weight is 251 g/mol.